The summed E-state index contributed by atoms with van der Waals surface area (Å²) < 4.78 is 41.0. The molecule has 158 valence electrons. The smallest absolute Gasteiger partial charge is 0.257 e. The van der Waals surface area contributed by atoms with E-state index in [1.165, 1.54) is 47.4 Å². The molecule has 3 aromatic rings. The number of oxime groups is 1. The van der Waals surface area contributed by atoms with Crippen LogP contribution in [0.15, 0.2) is 78.0 Å². The molecule has 0 unspecified atom stereocenters. The third-order valence-electron chi connectivity index (χ3n) is 4.99. The van der Waals surface area contributed by atoms with Crippen molar-refractivity contribution in [3.8, 4) is 0 Å². The predicted octanol–water partition coefficient (Wildman–Crippen LogP) is 4.94. The lowest BCUT2D eigenvalue weighted by Crippen LogP contribution is -2.37. The number of carbonyl (C=O) groups excluding carboxylic acids is 1. The summed E-state index contributed by atoms with van der Waals surface area (Å²) in [7, 11) is 0. The lowest BCUT2D eigenvalue weighted by Gasteiger charge is -2.25. The molecule has 0 fully saturated rings. The Morgan fingerprint density at radius 1 is 0.968 bits per heavy atom. The predicted molar refractivity (Wildman–Crippen MR) is 110 cm³/mol. The first-order chi connectivity index (χ1) is 15.0. The molecular weight excluding hydrogens is 405 g/mol. The summed E-state index contributed by atoms with van der Waals surface area (Å²) in [5.74, 6) is -1.90. The molecule has 3 aromatic carbocycles. The van der Waals surface area contributed by atoms with Crippen molar-refractivity contribution in [2.75, 3.05) is 6.54 Å². The summed E-state index contributed by atoms with van der Waals surface area (Å²) in [5.41, 5.74) is 1.81. The maximum absolute atomic E-state index is 14.2. The molecule has 7 heteroatoms. The molecule has 0 bridgehead atoms. The average Bonchev–Trinajstić information content (AvgIpc) is 3.23. The molecular formula is C24H19F3N2O2. The van der Waals surface area contributed by atoms with Gasteiger partial charge in [-0.15, -0.1) is 0 Å². The summed E-state index contributed by atoms with van der Waals surface area (Å²) in [5, 5.41) is 4.04. The van der Waals surface area contributed by atoms with Crippen molar-refractivity contribution in [3.63, 3.8) is 0 Å². The number of benzene rings is 3. The Morgan fingerprint density at radius 2 is 1.74 bits per heavy atom. The van der Waals surface area contributed by atoms with Gasteiger partial charge in [0.05, 0.1) is 17.8 Å². The molecule has 4 rings (SSSR count). The Bertz CT molecular complexity index is 1120. The van der Waals surface area contributed by atoms with E-state index in [1.54, 1.807) is 30.3 Å². The number of hydrogen-bond acceptors (Lipinski definition) is 3. The van der Waals surface area contributed by atoms with Gasteiger partial charge in [0.15, 0.2) is 6.10 Å². The average molecular weight is 424 g/mol. The summed E-state index contributed by atoms with van der Waals surface area (Å²) in [6, 6.07) is 17.5. The van der Waals surface area contributed by atoms with Crippen LogP contribution in [0.4, 0.5) is 13.2 Å². The topological polar surface area (TPSA) is 41.9 Å². The number of hydrogen-bond donors (Lipinski definition) is 0. The van der Waals surface area contributed by atoms with E-state index in [0.717, 1.165) is 0 Å². The molecule has 0 spiro atoms. The van der Waals surface area contributed by atoms with Crippen LogP contribution in [0.2, 0.25) is 0 Å². The van der Waals surface area contributed by atoms with Crippen molar-refractivity contribution in [1.29, 1.82) is 0 Å². The van der Waals surface area contributed by atoms with Crippen LogP contribution in [-0.4, -0.2) is 29.2 Å². The van der Waals surface area contributed by atoms with Gasteiger partial charge >= 0.3 is 0 Å². The lowest BCUT2D eigenvalue weighted by atomic mass is 10.0. The van der Waals surface area contributed by atoms with Crippen molar-refractivity contribution >= 4 is 11.6 Å². The van der Waals surface area contributed by atoms with Gasteiger partial charge in [-0.05, 0) is 42.0 Å². The highest BCUT2D eigenvalue weighted by molar-refractivity contribution is 6.01. The van der Waals surface area contributed by atoms with Crippen LogP contribution in [-0.2, 0) is 11.4 Å². The molecule has 31 heavy (non-hydrogen) atoms. The van der Waals surface area contributed by atoms with Gasteiger partial charge < -0.3 is 9.74 Å². The van der Waals surface area contributed by atoms with E-state index < -0.39 is 17.8 Å². The second kappa shape index (κ2) is 9.04. The third kappa shape index (κ3) is 4.94. The fraction of sp³-hybridized carbons (Fsp3) is 0.167. The highest BCUT2D eigenvalue weighted by Crippen LogP contribution is 2.21. The zero-order chi connectivity index (χ0) is 21.8. The number of amides is 1. The molecule has 0 radical (unpaired) electrons. The molecule has 0 saturated heterocycles. The number of nitrogens with zero attached hydrogens (tertiary/aromatic N) is 2. The van der Waals surface area contributed by atoms with Crippen LogP contribution in [0.3, 0.4) is 0 Å². The monoisotopic (exact) mass is 424 g/mol. The molecule has 0 saturated carbocycles. The standard InChI is InChI=1S/C24H19F3N2O2/c25-18-10-8-16(9-11-18)14-29(24(30)21-6-1-2-7-22(21)27)15-20-13-23(28-31-20)17-4-3-5-19(26)12-17/h1-12,20H,13-15H2/t20-/m1/s1. The minimum atomic E-state index is -0.624. The first-order valence-electron chi connectivity index (χ1n) is 9.76. The van der Waals surface area contributed by atoms with Crippen LogP contribution >= 0.6 is 0 Å². The van der Waals surface area contributed by atoms with Gasteiger partial charge in [-0.25, -0.2) is 13.2 Å². The molecule has 1 heterocycles. The molecule has 0 aromatic heterocycles. The van der Waals surface area contributed by atoms with Gasteiger partial charge in [-0.2, -0.15) is 0 Å². The summed E-state index contributed by atoms with van der Waals surface area (Å²) >= 11 is 0. The van der Waals surface area contributed by atoms with E-state index in [-0.39, 0.29) is 30.3 Å². The summed E-state index contributed by atoms with van der Waals surface area (Å²) in [6.07, 6.45) is -0.108. The molecule has 1 amide bonds. The fourth-order valence-corrected chi connectivity index (χ4v) is 3.45. The second-order valence-electron chi connectivity index (χ2n) is 7.27. The van der Waals surface area contributed by atoms with E-state index in [9.17, 15) is 18.0 Å². The molecule has 0 aliphatic carbocycles. The number of rotatable bonds is 6. The molecule has 1 aliphatic heterocycles. The Morgan fingerprint density at radius 3 is 2.48 bits per heavy atom. The first-order valence-corrected chi connectivity index (χ1v) is 9.76. The van der Waals surface area contributed by atoms with Gasteiger partial charge in [-0.1, -0.05) is 41.6 Å². The van der Waals surface area contributed by atoms with Gasteiger partial charge in [0.25, 0.3) is 5.91 Å². The van der Waals surface area contributed by atoms with Crippen LogP contribution < -0.4 is 0 Å². The van der Waals surface area contributed by atoms with Gasteiger partial charge in [0.1, 0.15) is 17.5 Å². The molecule has 4 nitrogen and oxygen atoms in total. The van der Waals surface area contributed by atoms with Gasteiger partial charge in [-0.3, -0.25) is 4.79 Å². The zero-order valence-electron chi connectivity index (χ0n) is 16.5. The maximum Gasteiger partial charge on any atom is 0.257 e. The Balaban J connectivity index is 1.53. The fourth-order valence-electron chi connectivity index (χ4n) is 3.45. The van der Waals surface area contributed by atoms with E-state index in [2.05, 4.69) is 5.16 Å². The Hall–Kier alpha value is -3.61. The van der Waals surface area contributed by atoms with Crippen molar-refractivity contribution in [1.82, 2.24) is 4.90 Å². The van der Waals surface area contributed by atoms with Crippen LogP contribution in [0.5, 0.6) is 0 Å². The van der Waals surface area contributed by atoms with E-state index >= 15 is 0 Å². The van der Waals surface area contributed by atoms with Crippen LogP contribution in [0, 0.1) is 17.5 Å². The molecule has 1 aliphatic rings. The number of carbonyl (C=O) groups is 1. The van der Waals surface area contributed by atoms with Crippen LogP contribution in [0.25, 0.3) is 0 Å². The summed E-state index contributed by atoms with van der Waals surface area (Å²) in [4.78, 5) is 20.0. The van der Waals surface area contributed by atoms with Crippen molar-refractivity contribution in [3.05, 3.63) is 107 Å². The quantitative estimate of drug-likeness (QED) is 0.563. The highest BCUT2D eigenvalue weighted by Gasteiger charge is 2.28. The van der Waals surface area contributed by atoms with Crippen molar-refractivity contribution in [2.24, 2.45) is 5.16 Å². The zero-order valence-corrected chi connectivity index (χ0v) is 16.5. The van der Waals surface area contributed by atoms with Gasteiger partial charge in [0.2, 0.25) is 0 Å². The normalized spacial score (nSPS) is 15.3. The third-order valence-corrected chi connectivity index (χ3v) is 4.99. The van der Waals surface area contributed by atoms with Crippen molar-refractivity contribution < 1.29 is 22.8 Å². The van der Waals surface area contributed by atoms with E-state index in [4.69, 9.17) is 4.84 Å². The first kappa shape index (κ1) is 20.7. The maximum atomic E-state index is 14.2. The largest absolute Gasteiger partial charge is 0.390 e. The Kier molecular flexibility index (Phi) is 6.02. The SMILES string of the molecule is O=C(c1ccccc1F)N(Cc1ccc(F)cc1)C[C@H]1CC(c2cccc(F)c2)=NO1. The molecule has 1 atom stereocenters. The van der Waals surface area contributed by atoms with E-state index in [1.807, 2.05) is 0 Å². The minimum absolute atomic E-state index is 0.0612. The Labute approximate surface area is 177 Å². The van der Waals surface area contributed by atoms with Crippen LogP contribution in [0.1, 0.15) is 27.9 Å². The lowest BCUT2D eigenvalue weighted by molar-refractivity contribution is 0.0402. The number of halogens is 3. The summed E-state index contributed by atoms with van der Waals surface area (Å²) in [6.45, 7) is 0.273. The van der Waals surface area contributed by atoms with Gasteiger partial charge in [0, 0.05) is 18.5 Å². The van der Waals surface area contributed by atoms with Crippen molar-refractivity contribution in [2.45, 2.75) is 19.1 Å². The minimum Gasteiger partial charge on any atom is -0.390 e. The van der Waals surface area contributed by atoms with E-state index in [0.29, 0.717) is 23.3 Å². The highest BCUT2D eigenvalue weighted by atomic mass is 19.1. The molecule has 0 N–H and O–H groups in total. The second-order valence-corrected chi connectivity index (χ2v) is 7.27.